The molecule has 1 aliphatic rings. The Balaban J connectivity index is 2.35. The molecule has 0 aliphatic heterocycles. The lowest BCUT2D eigenvalue weighted by atomic mass is 9.82. The zero-order valence-corrected chi connectivity index (χ0v) is 8.01. The summed E-state index contributed by atoms with van der Waals surface area (Å²) >= 11 is 0. The van der Waals surface area contributed by atoms with Crippen LogP contribution in [-0.4, -0.2) is 12.6 Å². The van der Waals surface area contributed by atoms with E-state index in [1.165, 1.54) is 12.8 Å². The summed E-state index contributed by atoms with van der Waals surface area (Å²) in [6.07, 6.45) is 4.52. The molecule has 2 atom stereocenters. The molecule has 0 bridgehead atoms. The third-order valence-corrected chi connectivity index (χ3v) is 2.56. The molecular formula is C10H18O2. The monoisotopic (exact) mass is 170 g/mol. The van der Waals surface area contributed by atoms with Gasteiger partial charge in [0.1, 0.15) is 0 Å². The summed E-state index contributed by atoms with van der Waals surface area (Å²) in [5, 5.41) is 0. The smallest absolute Gasteiger partial charge is 0.308 e. The molecule has 0 saturated heterocycles. The molecule has 1 unspecified atom stereocenters. The number of hydrogen-bond acceptors (Lipinski definition) is 2. The number of hydrogen-bond donors (Lipinski definition) is 0. The molecule has 0 amide bonds. The minimum Gasteiger partial charge on any atom is -0.466 e. The lowest BCUT2D eigenvalue weighted by molar-refractivity contribution is -0.149. The zero-order valence-electron chi connectivity index (χ0n) is 8.01. The molecule has 1 saturated carbocycles. The van der Waals surface area contributed by atoms with Crippen molar-refractivity contribution in [3.8, 4) is 0 Å². The summed E-state index contributed by atoms with van der Waals surface area (Å²) in [4.78, 5) is 11.3. The largest absolute Gasteiger partial charge is 0.466 e. The summed E-state index contributed by atoms with van der Waals surface area (Å²) in [5.41, 5.74) is 0. The van der Waals surface area contributed by atoms with E-state index in [0.29, 0.717) is 12.5 Å². The first-order valence-corrected chi connectivity index (χ1v) is 4.90. The topological polar surface area (TPSA) is 26.3 Å². The van der Waals surface area contributed by atoms with E-state index in [-0.39, 0.29) is 11.9 Å². The van der Waals surface area contributed by atoms with E-state index in [2.05, 4.69) is 6.92 Å². The first kappa shape index (κ1) is 9.56. The van der Waals surface area contributed by atoms with Crippen molar-refractivity contribution in [3.63, 3.8) is 0 Å². The Bertz CT molecular complexity index is 154. The molecule has 0 N–H and O–H groups in total. The molecule has 0 aromatic carbocycles. The Kier molecular flexibility index (Phi) is 3.57. The highest BCUT2D eigenvalue weighted by Gasteiger charge is 2.25. The fourth-order valence-electron chi connectivity index (χ4n) is 1.91. The van der Waals surface area contributed by atoms with Gasteiger partial charge in [0.05, 0.1) is 12.5 Å². The van der Waals surface area contributed by atoms with Crippen molar-refractivity contribution in [2.45, 2.75) is 39.5 Å². The van der Waals surface area contributed by atoms with Gasteiger partial charge < -0.3 is 4.74 Å². The van der Waals surface area contributed by atoms with Crippen LogP contribution in [-0.2, 0) is 9.53 Å². The van der Waals surface area contributed by atoms with Gasteiger partial charge in [0.15, 0.2) is 0 Å². The minimum atomic E-state index is 0.0176. The van der Waals surface area contributed by atoms with Crippen LogP contribution < -0.4 is 0 Å². The normalized spacial score (nSPS) is 29.8. The molecule has 0 aromatic rings. The van der Waals surface area contributed by atoms with Crippen LogP contribution in [0.5, 0.6) is 0 Å². The van der Waals surface area contributed by atoms with Crippen LogP contribution in [0.3, 0.4) is 0 Å². The SMILES string of the molecule is CCOC(=O)[C@@H]1CCCC(C)C1. The fraction of sp³-hybridized carbons (Fsp3) is 0.900. The van der Waals surface area contributed by atoms with Gasteiger partial charge in [0, 0.05) is 0 Å². The molecule has 2 nitrogen and oxygen atoms in total. The Morgan fingerprint density at radius 3 is 2.83 bits per heavy atom. The maximum Gasteiger partial charge on any atom is 0.308 e. The predicted molar refractivity (Wildman–Crippen MR) is 47.8 cm³/mol. The van der Waals surface area contributed by atoms with E-state index in [0.717, 1.165) is 12.8 Å². The standard InChI is InChI=1S/C10H18O2/c1-3-12-10(11)9-6-4-5-8(2)7-9/h8-9H,3-7H2,1-2H3/t8?,9-/m1/s1. The maximum atomic E-state index is 11.3. The Hall–Kier alpha value is -0.530. The van der Waals surface area contributed by atoms with Gasteiger partial charge >= 0.3 is 5.97 Å². The molecule has 0 heterocycles. The quantitative estimate of drug-likeness (QED) is 0.595. The van der Waals surface area contributed by atoms with Crippen LogP contribution in [0.4, 0.5) is 0 Å². The number of ether oxygens (including phenoxy) is 1. The third kappa shape index (κ3) is 2.50. The van der Waals surface area contributed by atoms with E-state index in [1.807, 2.05) is 6.92 Å². The number of rotatable bonds is 2. The van der Waals surface area contributed by atoms with E-state index in [4.69, 9.17) is 4.74 Å². The molecule has 2 heteroatoms. The predicted octanol–water partition coefficient (Wildman–Crippen LogP) is 2.38. The molecule has 12 heavy (non-hydrogen) atoms. The van der Waals surface area contributed by atoms with Gasteiger partial charge in [-0.15, -0.1) is 0 Å². The van der Waals surface area contributed by atoms with E-state index < -0.39 is 0 Å². The summed E-state index contributed by atoms with van der Waals surface area (Å²) in [7, 11) is 0. The number of esters is 1. The van der Waals surface area contributed by atoms with Crippen molar-refractivity contribution >= 4 is 5.97 Å². The number of carbonyl (C=O) groups is 1. The minimum absolute atomic E-state index is 0.0176. The summed E-state index contributed by atoms with van der Waals surface area (Å²) < 4.78 is 4.99. The zero-order chi connectivity index (χ0) is 8.97. The molecule has 1 aliphatic carbocycles. The van der Waals surface area contributed by atoms with Gasteiger partial charge in [0.25, 0.3) is 0 Å². The van der Waals surface area contributed by atoms with E-state index in [9.17, 15) is 4.79 Å². The lowest BCUT2D eigenvalue weighted by Crippen LogP contribution is -2.23. The van der Waals surface area contributed by atoms with Crippen molar-refractivity contribution in [3.05, 3.63) is 0 Å². The summed E-state index contributed by atoms with van der Waals surface area (Å²) in [6, 6.07) is 0. The molecule has 1 rings (SSSR count). The van der Waals surface area contributed by atoms with Crippen molar-refractivity contribution in [2.24, 2.45) is 11.8 Å². The number of carbonyl (C=O) groups excluding carboxylic acids is 1. The third-order valence-electron chi connectivity index (χ3n) is 2.56. The molecule has 0 aromatic heterocycles. The van der Waals surface area contributed by atoms with Crippen LogP contribution in [0.2, 0.25) is 0 Å². The maximum absolute atomic E-state index is 11.3. The van der Waals surface area contributed by atoms with Gasteiger partial charge in [-0.3, -0.25) is 4.79 Å². The van der Waals surface area contributed by atoms with Crippen molar-refractivity contribution in [2.75, 3.05) is 6.61 Å². The van der Waals surface area contributed by atoms with Crippen LogP contribution in [0.25, 0.3) is 0 Å². The second-order valence-electron chi connectivity index (χ2n) is 3.72. The first-order chi connectivity index (χ1) is 5.74. The lowest BCUT2D eigenvalue weighted by Gasteiger charge is -2.24. The van der Waals surface area contributed by atoms with E-state index in [1.54, 1.807) is 0 Å². The Morgan fingerprint density at radius 2 is 2.25 bits per heavy atom. The molecule has 1 fully saturated rings. The van der Waals surface area contributed by atoms with Gasteiger partial charge in [-0.1, -0.05) is 19.8 Å². The van der Waals surface area contributed by atoms with Crippen LogP contribution in [0, 0.1) is 11.8 Å². The Labute approximate surface area is 74.3 Å². The van der Waals surface area contributed by atoms with Crippen LogP contribution >= 0.6 is 0 Å². The summed E-state index contributed by atoms with van der Waals surface area (Å²) in [5.74, 6) is 0.908. The molecule has 0 radical (unpaired) electrons. The van der Waals surface area contributed by atoms with E-state index >= 15 is 0 Å². The highest BCUT2D eigenvalue weighted by Crippen LogP contribution is 2.29. The van der Waals surface area contributed by atoms with Gasteiger partial charge in [-0.2, -0.15) is 0 Å². The van der Waals surface area contributed by atoms with Crippen molar-refractivity contribution < 1.29 is 9.53 Å². The second kappa shape index (κ2) is 4.48. The van der Waals surface area contributed by atoms with Gasteiger partial charge in [-0.25, -0.2) is 0 Å². The van der Waals surface area contributed by atoms with Crippen molar-refractivity contribution in [1.29, 1.82) is 0 Å². The highest BCUT2D eigenvalue weighted by molar-refractivity contribution is 5.72. The molecule has 0 spiro atoms. The summed E-state index contributed by atoms with van der Waals surface area (Å²) in [6.45, 7) is 4.60. The molecule has 70 valence electrons. The van der Waals surface area contributed by atoms with Crippen LogP contribution in [0.15, 0.2) is 0 Å². The van der Waals surface area contributed by atoms with Crippen molar-refractivity contribution in [1.82, 2.24) is 0 Å². The average molecular weight is 170 g/mol. The Morgan fingerprint density at radius 1 is 1.50 bits per heavy atom. The average Bonchev–Trinajstić information content (AvgIpc) is 2.05. The molecular weight excluding hydrogens is 152 g/mol. The van der Waals surface area contributed by atoms with Crippen LogP contribution in [0.1, 0.15) is 39.5 Å². The first-order valence-electron chi connectivity index (χ1n) is 4.90. The second-order valence-corrected chi connectivity index (χ2v) is 3.72. The fourth-order valence-corrected chi connectivity index (χ4v) is 1.91. The van der Waals surface area contributed by atoms with Gasteiger partial charge in [-0.05, 0) is 25.7 Å². The highest BCUT2D eigenvalue weighted by atomic mass is 16.5. The van der Waals surface area contributed by atoms with Gasteiger partial charge in [0.2, 0.25) is 0 Å².